The van der Waals surface area contributed by atoms with Crippen LogP contribution in [-0.4, -0.2) is 46.9 Å². The van der Waals surface area contributed by atoms with Gasteiger partial charge in [0.1, 0.15) is 6.04 Å². The van der Waals surface area contributed by atoms with Crippen molar-refractivity contribution >= 4 is 17.8 Å². The maximum Gasteiger partial charge on any atom is 0.325 e. The molecule has 1 aromatic carbocycles. The van der Waals surface area contributed by atoms with Gasteiger partial charge in [-0.3, -0.25) is 14.4 Å². The van der Waals surface area contributed by atoms with E-state index in [2.05, 4.69) is 5.32 Å². The Labute approximate surface area is 141 Å². The second kappa shape index (κ2) is 7.47. The van der Waals surface area contributed by atoms with Crippen molar-refractivity contribution in [1.82, 2.24) is 10.2 Å². The second-order valence-electron chi connectivity index (χ2n) is 6.54. The Kier molecular flexibility index (Phi) is 5.59. The largest absolute Gasteiger partial charge is 0.480 e. The van der Waals surface area contributed by atoms with Crippen LogP contribution in [0.4, 0.5) is 0 Å². The minimum Gasteiger partial charge on any atom is -0.480 e. The third-order valence-electron chi connectivity index (χ3n) is 4.28. The van der Waals surface area contributed by atoms with Gasteiger partial charge < -0.3 is 15.3 Å². The van der Waals surface area contributed by atoms with E-state index in [9.17, 15) is 14.4 Å². The lowest BCUT2D eigenvalue weighted by molar-refractivity contribution is -0.142. The van der Waals surface area contributed by atoms with Gasteiger partial charge in [0, 0.05) is 18.7 Å². The molecule has 0 aliphatic carbocycles. The molecule has 2 N–H and O–H groups in total. The fourth-order valence-corrected chi connectivity index (χ4v) is 3.05. The van der Waals surface area contributed by atoms with Crippen LogP contribution < -0.4 is 5.32 Å². The molecule has 0 bridgehead atoms. The highest BCUT2D eigenvalue weighted by atomic mass is 16.4. The molecule has 1 aromatic rings. The summed E-state index contributed by atoms with van der Waals surface area (Å²) in [6.07, 6.45) is 1.39. The van der Waals surface area contributed by atoms with Crippen molar-refractivity contribution < 1.29 is 19.5 Å². The van der Waals surface area contributed by atoms with E-state index in [4.69, 9.17) is 5.11 Å². The third-order valence-corrected chi connectivity index (χ3v) is 4.28. The molecule has 0 radical (unpaired) electrons. The zero-order valence-corrected chi connectivity index (χ0v) is 14.3. The topological polar surface area (TPSA) is 86.7 Å². The number of rotatable bonds is 4. The lowest BCUT2D eigenvalue weighted by Gasteiger charge is -2.32. The Morgan fingerprint density at radius 2 is 1.83 bits per heavy atom. The smallest absolute Gasteiger partial charge is 0.325 e. The van der Waals surface area contributed by atoms with E-state index in [1.165, 1.54) is 6.92 Å². The predicted octanol–water partition coefficient (Wildman–Crippen LogP) is 1.74. The van der Waals surface area contributed by atoms with Crippen molar-refractivity contribution in [2.75, 3.05) is 13.1 Å². The van der Waals surface area contributed by atoms with Gasteiger partial charge in [-0.25, -0.2) is 0 Å². The van der Waals surface area contributed by atoms with Crippen LogP contribution >= 0.6 is 0 Å². The molecule has 1 unspecified atom stereocenters. The van der Waals surface area contributed by atoms with Gasteiger partial charge in [0.2, 0.25) is 5.91 Å². The molecule has 0 spiro atoms. The Morgan fingerprint density at radius 1 is 1.21 bits per heavy atom. The van der Waals surface area contributed by atoms with Crippen LogP contribution in [0, 0.1) is 19.8 Å². The fourth-order valence-electron chi connectivity index (χ4n) is 3.05. The van der Waals surface area contributed by atoms with Crippen LogP contribution in [-0.2, 0) is 9.59 Å². The molecular formula is C18H24N2O4. The highest BCUT2D eigenvalue weighted by Gasteiger charge is 2.30. The highest BCUT2D eigenvalue weighted by molar-refractivity contribution is 5.95. The number of carbonyl (C=O) groups is 3. The van der Waals surface area contributed by atoms with Crippen molar-refractivity contribution in [1.29, 1.82) is 0 Å². The molecule has 2 amide bonds. The predicted molar refractivity (Wildman–Crippen MR) is 89.8 cm³/mol. The normalized spacial score (nSPS) is 18.8. The molecule has 1 fully saturated rings. The average Bonchev–Trinajstić information content (AvgIpc) is 2.53. The van der Waals surface area contributed by atoms with Crippen molar-refractivity contribution in [3.8, 4) is 0 Å². The summed E-state index contributed by atoms with van der Waals surface area (Å²) >= 11 is 0. The summed E-state index contributed by atoms with van der Waals surface area (Å²) in [5, 5.41) is 11.4. The van der Waals surface area contributed by atoms with Gasteiger partial charge in [-0.15, -0.1) is 0 Å². The first-order valence-corrected chi connectivity index (χ1v) is 8.18. The van der Waals surface area contributed by atoms with Gasteiger partial charge >= 0.3 is 5.97 Å². The number of hydrogen-bond acceptors (Lipinski definition) is 3. The van der Waals surface area contributed by atoms with Crippen LogP contribution in [0.2, 0.25) is 0 Å². The molecule has 1 aliphatic rings. The number of carboxylic acids is 1. The quantitative estimate of drug-likeness (QED) is 0.879. The van der Waals surface area contributed by atoms with Crippen LogP contribution in [0.5, 0.6) is 0 Å². The van der Waals surface area contributed by atoms with E-state index in [0.717, 1.165) is 17.5 Å². The number of hydrogen-bond donors (Lipinski definition) is 2. The van der Waals surface area contributed by atoms with Crippen molar-refractivity contribution in [3.05, 3.63) is 34.9 Å². The second-order valence-corrected chi connectivity index (χ2v) is 6.54. The van der Waals surface area contributed by atoms with Gasteiger partial charge in [0.25, 0.3) is 5.91 Å². The number of benzene rings is 1. The molecular weight excluding hydrogens is 308 g/mol. The molecule has 24 heavy (non-hydrogen) atoms. The molecule has 1 heterocycles. The zero-order valence-electron chi connectivity index (χ0n) is 14.3. The summed E-state index contributed by atoms with van der Waals surface area (Å²) in [4.78, 5) is 37.5. The Hall–Kier alpha value is -2.37. The number of likely N-dealkylation sites (tertiary alicyclic amines) is 1. The van der Waals surface area contributed by atoms with Crippen LogP contribution in [0.15, 0.2) is 18.2 Å². The Balaban J connectivity index is 2.05. The molecule has 0 saturated carbocycles. The lowest BCUT2D eigenvalue weighted by atomic mass is 9.95. The number of nitrogens with zero attached hydrogens (tertiary/aromatic N) is 1. The maximum atomic E-state index is 12.7. The lowest BCUT2D eigenvalue weighted by Crippen LogP contribution is -2.48. The van der Waals surface area contributed by atoms with E-state index >= 15 is 0 Å². The molecule has 0 aromatic heterocycles. The number of carbonyl (C=O) groups excluding carboxylic acids is 2. The maximum absolute atomic E-state index is 12.7. The van der Waals surface area contributed by atoms with Gasteiger partial charge in [0.15, 0.2) is 0 Å². The van der Waals surface area contributed by atoms with Gasteiger partial charge in [0.05, 0.1) is 5.92 Å². The Bertz CT molecular complexity index is 636. The number of carboxylic acid groups (broad SMARTS) is 1. The first-order chi connectivity index (χ1) is 11.3. The number of piperidine rings is 1. The summed E-state index contributed by atoms with van der Waals surface area (Å²) < 4.78 is 0. The first kappa shape index (κ1) is 18.0. The summed E-state index contributed by atoms with van der Waals surface area (Å²) in [6, 6.07) is 4.79. The van der Waals surface area contributed by atoms with Crippen LogP contribution in [0.3, 0.4) is 0 Å². The molecule has 1 aliphatic heterocycles. The van der Waals surface area contributed by atoms with E-state index < -0.39 is 12.0 Å². The highest BCUT2D eigenvalue weighted by Crippen LogP contribution is 2.20. The first-order valence-electron chi connectivity index (χ1n) is 8.18. The summed E-state index contributed by atoms with van der Waals surface area (Å²) in [5.41, 5.74) is 2.69. The number of aliphatic carboxylic acids is 1. The number of aryl methyl sites for hydroxylation is 2. The summed E-state index contributed by atoms with van der Waals surface area (Å²) in [5.74, 6) is -1.81. The van der Waals surface area contributed by atoms with Crippen LogP contribution in [0.1, 0.15) is 41.3 Å². The third kappa shape index (κ3) is 4.34. The monoisotopic (exact) mass is 332 g/mol. The summed E-state index contributed by atoms with van der Waals surface area (Å²) in [6.45, 7) is 6.27. The zero-order chi connectivity index (χ0) is 17.9. The van der Waals surface area contributed by atoms with E-state index in [-0.39, 0.29) is 17.7 Å². The number of amides is 2. The molecule has 6 nitrogen and oxygen atoms in total. The minimum absolute atomic E-state index is 0.0782. The summed E-state index contributed by atoms with van der Waals surface area (Å²) in [7, 11) is 0. The molecule has 130 valence electrons. The van der Waals surface area contributed by atoms with Crippen molar-refractivity contribution in [3.63, 3.8) is 0 Å². The van der Waals surface area contributed by atoms with Crippen molar-refractivity contribution in [2.24, 2.45) is 5.92 Å². The standard InChI is InChI=1S/C18H24N2O4/c1-11-7-12(2)9-15(8-11)17(22)20-6-4-5-14(10-20)16(21)19-13(3)18(23)24/h7-9,13-14H,4-6,10H2,1-3H3,(H,19,21)(H,23,24)/t13-,14?/m0/s1. The fraction of sp³-hybridized carbons (Fsp3) is 0.500. The van der Waals surface area contributed by atoms with Crippen molar-refractivity contribution in [2.45, 2.75) is 39.7 Å². The van der Waals surface area contributed by atoms with E-state index in [1.807, 2.05) is 32.0 Å². The van der Waals surface area contributed by atoms with Gasteiger partial charge in [-0.2, -0.15) is 0 Å². The van der Waals surface area contributed by atoms with E-state index in [1.54, 1.807) is 4.90 Å². The molecule has 2 rings (SSSR count). The van der Waals surface area contributed by atoms with Gasteiger partial charge in [-0.05, 0) is 45.7 Å². The average molecular weight is 332 g/mol. The van der Waals surface area contributed by atoms with Crippen LogP contribution in [0.25, 0.3) is 0 Å². The SMILES string of the molecule is Cc1cc(C)cc(C(=O)N2CCCC(C(=O)N[C@@H](C)C(=O)O)C2)c1. The van der Waals surface area contributed by atoms with Gasteiger partial charge in [-0.1, -0.05) is 17.2 Å². The molecule has 6 heteroatoms. The molecule has 1 saturated heterocycles. The Morgan fingerprint density at radius 3 is 2.42 bits per heavy atom. The minimum atomic E-state index is -1.07. The number of nitrogens with one attached hydrogen (secondary N) is 1. The van der Waals surface area contributed by atoms with E-state index in [0.29, 0.717) is 25.1 Å². The molecule has 2 atom stereocenters.